The molecule has 3 fully saturated rings. The molecule has 0 amide bonds. The largest absolute Gasteiger partial charge is 0.374 e. The molecule has 0 saturated heterocycles. The Morgan fingerprint density at radius 3 is 2.47 bits per heavy atom. The number of nitrogens with one attached hydrogen (secondary N) is 1. The Morgan fingerprint density at radius 1 is 1.00 bits per heavy atom. The normalized spacial score (nSPS) is 42.0. The van der Waals surface area contributed by atoms with Crippen molar-refractivity contribution in [3.63, 3.8) is 0 Å². The number of ether oxygens (including phenoxy) is 1. The standard InChI is InChI=1S/C17H31NO/c1-13-7-6-8-14(11-13)19-16-12-15(18-2)17(16)9-4-3-5-10-17/h13-16,18H,3-12H2,1-2H3. The molecule has 4 atom stereocenters. The maximum atomic E-state index is 6.58. The van der Waals surface area contributed by atoms with Crippen molar-refractivity contribution < 1.29 is 4.74 Å². The molecule has 3 rings (SSSR count). The molecule has 2 heteroatoms. The molecule has 1 spiro atoms. The van der Waals surface area contributed by atoms with Gasteiger partial charge in [0.1, 0.15) is 0 Å². The molecule has 3 aliphatic carbocycles. The van der Waals surface area contributed by atoms with E-state index in [2.05, 4.69) is 19.3 Å². The van der Waals surface area contributed by atoms with E-state index >= 15 is 0 Å². The third kappa shape index (κ3) is 2.58. The van der Waals surface area contributed by atoms with Crippen LogP contribution in [-0.2, 0) is 4.74 Å². The van der Waals surface area contributed by atoms with Gasteiger partial charge in [-0.1, -0.05) is 39.0 Å². The lowest BCUT2D eigenvalue weighted by molar-refractivity contribution is -0.182. The summed E-state index contributed by atoms with van der Waals surface area (Å²) in [6, 6.07) is 0.721. The topological polar surface area (TPSA) is 21.3 Å². The van der Waals surface area contributed by atoms with E-state index in [1.54, 1.807) is 0 Å². The van der Waals surface area contributed by atoms with Gasteiger partial charge in [-0.05, 0) is 45.1 Å². The van der Waals surface area contributed by atoms with Gasteiger partial charge in [-0.25, -0.2) is 0 Å². The van der Waals surface area contributed by atoms with Gasteiger partial charge in [0.05, 0.1) is 12.2 Å². The van der Waals surface area contributed by atoms with Gasteiger partial charge in [0, 0.05) is 11.5 Å². The highest BCUT2D eigenvalue weighted by atomic mass is 16.5. The Balaban J connectivity index is 1.61. The SMILES string of the molecule is CNC1CC(OC2CCCC(C)C2)C12CCCCC2. The fourth-order valence-electron chi connectivity index (χ4n) is 4.96. The van der Waals surface area contributed by atoms with E-state index in [4.69, 9.17) is 4.74 Å². The zero-order chi connectivity index (χ0) is 13.3. The molecule has 3 aliphatic rings. The second-order valence-corrected chi connectivity index (χ2v) is 7.39. The molecule has 19 heavy (non-hydrogen) atoms. The summed E-state index contributed by atoms with van der Waals surface area (Å²) < 4.78 is 6.58. The molecule has 0 aliphatic heterocycles. The van der Waals surface area contributed by atoms with Gasteiger partial charge in [-0.15, -0.1) is 0 Å². The van der Waals surface area contributed by atoms with Gasteiger partial charge in [0.15, 0.2) is 0 Å². The molecule has 4 unspecified atom stereocenters. The van der Waals surface area contributed by atoms with Gasteiger partial charge in [-0.2, -0.15) is 0 Å². The van der Waals surface area contributed by atoms with Crippen LogP contribution < -0.4 is 5.32 Å². The zero-order valence-electron chi connectivity index (χ0n) is 12.8. The van der Waals surface area contributed by atoms with E-state index in [1.807, 2.05) is 0 Å². The van der Waals surface area contributed by atoms with Gasteiger partial charge in [0.2, 0.25) is 0 Å². The summed E-state index contributed by atoms with van der Waals surface area (Å²) in [5.74, 6) is 0.876. The summed E-state index contributed by atoms with van der Waals surface area (Å²) in [6.45, 7) is 2.39. The molecular weight excluding hydrogens is 234 g/mol. The average molecular weight is 265 g/mol. The molecule has 0 radical (unpaired) electrons. The van der Waals surface area contributed by atoms with E-state index < -0.39 is 0 Å². The molecule has 0 bridgehead atoms. The first-order valence-corrected chi connectivity index (χ1v) is 8.57. The lowest BCUT2D eigenvalue weighted by Gasteiger charge is -2.58. The Bertz CT molecular complexity index is 298. The van der Waals surface area contributed by atoms with Crippen LogP contribution in [0.5, 0.6) is 0 Å². The van der Waals surface area contributed by atoms with Crippen LogP contribution in [-0.4, -0.2) is 25.3 Å². The highest BCUT2D eigenvalue weighted by Gasteiger charge is 2.55. The van der Waals surface area contributed by atoms with E-state index in [0.717, 1.165) is 12.0 Å². The predicted octanol–water partition coefficient (Wildman–Crippen LogP) is 3.89. The third-order valence-electron chi connectivity index (χ3n) is 6.16. The Labute approximate surface area is 118 Å². The van der Waals surface area contributed by atoms with Crippen molar-refractivity contribution in [2.24, 2.45) is 11.3 Å². The summed E-state index contributed by atoms with van der Waals surface area (Å²) in [6.07, 6.45) is 14.8. The van der Waals surface area contributed by atoms with Gasteiger partial charge in [-0.3, -0.25) is 0 Å². The van der Waals surface area contributed by atoms with Crippen molar-refractivity contribution in [2.75, 3.05) is 7.05 Å². The van der Waals surface area contributed by atoms with Crippen LogP contribution in [0.2, 0.25) is 0 Å². The molecule has 0 aromatic carbocycles. The Kier molecular flexibility index (Phi) is 4.19. The van der Waals surface area contributed by atoms with Gasteiger partial charge in [0.25, 0.3) is 0 Å². The van der Waals surface area contributed by atoms with E-state index in [1.165, 1.54) is 64.2 Å². The summed E-state index contributed by atoms with van der Waals surface area (Å²) >= 11 is 0. The van der Waals surface area contributed by atoms with Crippen molar-refractivity contribution in [1.82, 2.24) is 5.32 Å². The number of rotatable bonds is 3. The van der Waals surface area contributed by atoms with E-state index in [9.17, 15) is 0 Å². The van der Waals surface area contributed by atoms with Gasteiger partial charge < -0.3 is 10.1 Å². The quantitative estimate of drug-likeness (QED) is 0.836. The molecule has 1 N–H and O–H groups in total. The number of hydrogen-bond donors (Lipinski definition) is 1. The summed E-state index contributed by atoms with van der Waals surface area (Å²) in [7, 11) is 2.14. The van der Waals surface area contributed by atoms with Crippen LogP contribution >= 0.6 is 0 Å². The van der Waals surface area contributed by atoms with Crippen LogP contribution in [0.4, 0.5) is 0 Å². The van der Waals surface area contributed by atoms with Gasteiger partial charge >= 0.3 is 0 Å². The number of hydrogen-bond acceptors (Lipinski definition) is 2. The van der Waals surface area contributed by atoms with Crippen LogP contribution in [0.25, 0.3) is 0 Å². The van der Waals surface area contributed by atoms with Crippen molar-refractivity contribution in [3.05, 3.63) is 0 Å². The fraction of sp³-hybridized carbons (Fsp3) is 1.00. The molecule has 3 saturated carbocycles. The average Bonchev–Trinajstić information content (AvgIpc) is 2.44. The first-order valence-electron chi connectivity index (χ1n) is 8.57. The molecule has 2 nitrogen and oxygen atoms in total. The van der Waals surface area contributed by atoms with Crippen molar-refractivity contribution in [2.45, 2.75) is 89.4 Å². The minimum atomic E-state index is 0.494. The lowest BCUT2D eigenvalue weighted by atomic mass is 9.55. The minimum absolute atomic E-state index is 0.494. The summed E-state index contributed by atoms with van der Waals surface area (Å²) in [4.78, 5) is 0. The summed E-state index contributed by atoms with van der Waals surface area (Å²) in [5.41, 5.74) is 0.494. The molecule has 0 aromatic rings. The molecule has 0 aromatic heterocycles. The second kappa shape index (κ2) is 5.73. The van der Waals surface area contributed by atoms with Crippen LogP contribution in [0.1, 0.15) is 71.1 Å². The molecule has 110 valence electrons. The van der Waals surface area contributed by atoms with Crippen molar-refractivity contribution in [1.29, 1.82) is 0 Å². The van der Waals surface area contributed by atoms with Crippen LogP contribution in [0, 0.1) is 11.3 Å². The minimum Gasteiger partial charge on any atom is -0.374 e. The Hall–Kier alpha value is -0.0800. The highest BCUT2D eigenvalue weighted by molar-refractivity contribution is 5.08. The lowest BCUT2D eigenvalue weighted by Crippen LogP contribution is -2.64. The highest BCUT2D eigenvalue weighted by Crippen LogP contribution is 2.54. The maximum Gasteiger partial charge on any atom is 0.0665 e. The molecular formula is C17H31NO. The smallest absolute Gasteiger partial charge is 0.0665 e. The van der Waals surface area contributed by atoms with Crippen LogP contribution in [0.15, 0.2) is 0 Å². The first kappa shape index (κ1) is 13.9. The predicted molar refractivity (Wildman–Crippen MR) is 79.3 cm³/mol. The Morgan fingerprint density at radius 2 is 1.79 bits per heavy atom. The van der Waals surface area contributed by atoms with Crippen LogP contribution in [0.3, 0.4) is 0 Å². The molecule has 0 heterocycles. The second-order valence-electron chi connectivity index (χ2n) is 7.39. The van der Waals surface area contributed by atoms with E-state index in [0.29, 0.717) is 17.6 Å². The monoisotopic (exact) mass is 265 g/mol. The van der Waals surface area contributed by atoms with Crippen molar-refractivity contribution in [3.8, 4) is 0 Å². The van der Waals surface area contributed by atoms with Crippen molar-refractivity contribution >= 4 is 0 Å². The van der Waals surface area contributed by atoms with E-state index in [-0.39, 0.29) is 0 Å². The maximum absolute atomic E-state index is 6.58. The first-order chi connectivity index (χ1) is 9.24. The third-order valence-corrected chi connectivity index (χ3v) is 6.16. The summed E-state index contributed by atoms with van der Waals surface area (Å²) in [5, 5.41) is 3.56. The zero-order valence-corrected chi connectivity index (χ0v) is 12.8. The fourth-order valence-corrected chi connectivity index (χ4v) is 4.96.